The second-order valence-electron chi connectivity index (χ2n) is 3.77. The van der Waals surface area contributed by atoms with E-state index in [4.69, 9.17) is 20.8 Å². The molecule has 0 unspecified atom stereocenters. The molecule has 1 aromatic carbocycles. The molecule has 90 valence electrons. The Morgan fingerprint density at radius 1 is 1.47 bits per heavy atom. The van der Waals surface area contributed by atoms with E-state index >= 15 is 0 Å². The van der Waals surface area contributed by atoms with Gasteiger partial charge in [-0.05, 0) is 30.2 Å². The van der Waals surface area contributed by atoms with E-state index in [2.05, 4.69) is 0 Å². The smallest absolute Gasteiger partial charge is 0.229 e. The second-order valence-corrected chi connectivity index (χ2v) is 4.19. The van der Waals surface area contributed by atoms with Crippen molar-refractivity contribution in [3.63, 3.8) is 0 Å². The molecule has 0 saturated heterocycles. The Hall–Kier alpha value is -1.48. The first-order valence-corrected chi connectivity index (χ1v) is 5.91. The Balaban J connectivity index is 2.34. The van der Waals surface area contributed by atoms with Gasteiger partial charge in [-0.2, -0.15) is 0 Å². The number of para-hydroxylation sites is 1. The molecule has 1 aromatic heterocycles. The van der Waals surface area contributed by atoms with Gasteiger partial charge in [0.2, 0.25) is 5.24 Å². The highest BCUT2D eigenvalue weighted by Crippen LogP contribution is 2.29. The number of hydrogen-bond donors (Lipinski definition) is 0. The summed E-state index contributed by atoms with van der Waals surface area (Å²) in [5.41, 5.74) is 0.675. The number of carbonyl (C=O) groups is 1. The van der Waals surface area contributed by atoms with E-state index in [1.807, 2.05) is 31.2 Å². The van der Waals surface area contributed by atoms with Gasteiger partial charge >= 0.3 is 0 Å². The first kappa shape index (κ1) is 12.0. The molecule has 2 rings (SSSR count). The lowest BCUT2D eigenvalue weighted by Crippen LogP contribution is -1.94. The summed E-state index contributed by atoms with van der Waals surface area (Å²) in [5, 5.41) is 0.492. The molecule has 3 nitrogen and oxygen atoms in total. The molecule has 0 aliphatic rings. The summed E-state index contributed by atoms with van der Waals surface area (Å²) in [6.07, 6.45) is 1.04. The number of benzene rings is 1. The molecule has 0 saturated carbocycles. The number of rotatable bonds is 5. The molecule has 0 radical (unpaired) electrons. The van der Waals surface area contributed by atoms with E-state index in [1.54, 1.807) is 0 Å². The number of halogens is 1. The van der Waals surface area contributed by atoms with Gasteiger partial charge in [0.1, 0.15) is 5.76 Å². The van der Waals surface area contributed by atoms with Crippen LogP contribution >= 0.6 is 11.6 Å². The Bertz CT molecular complexity index is 530. The molecule has 4 heteroatoms. The molecule has 0 amide bonds. The second kappa shape index (κ2) is 5.23. The molecule has 17 heavy (non-hydrogen) atoms. The van der Waals surface area contributed by atoms with E-state index in [1.165, 1.54) is 0 Å². The van der Waals surface area contributed by atoms with Crippen molar-refractivity contribution < 1.29 is 13.9 Å². The van der Waals surface area contributed by atoms with Crippen molar-refractivity contribution in [3.8, 4) is 5.75 Å². The van der Waals surface area contributed by atoms with Crippen LogP contribution in [0.15, 0.2) is 28.7 Å². The van der Waals surface area contributed by atoms with Gasteiger partial charge in [-0.3, -0.25) is 4.79 Å². The average Bonchev–Trinajstić information content (AvgIpc) is 2.67. The Morgan fingerprint density at radius 2 is 2.29 bits per heavy atom. The first-order chi connectivity index (χ1) is 8.20. The Labute approximate surface area is 104 Å². The van der Waals surface area contributed by atoms with Crippen LogP contribution in [0.1, 0.15) is 19.1 Å². The predicted octanol–water partition coefficient (Wildman–Crippen LogP) is 3.53. The van der Waals surface area contributed by atoms with Crippen molar-refractivity contribution in [2.75, 3.05) is 6.61 Å². The van der Waals surface area contributed by atoms with E-state index < -0.39 is 5.24 Å². The van der Waals surface area contributed by atoms with Gasteiger partial charge in [0.05, 0.1) is 13.0 Å². The number of ether oxygens (including phenoxy) is 1. The van der Waals surface area contributed by atoms with Crippen LogP contribution in [-0.2, 0) is 11.2 Å². The molecule has 0 aliphatic carbocycles. The molecule has 0 bridgehead atoms. The fourth-order valence-electron chi connectivity index (χ4n) is 1.64. The van der Waals surface area contributed by atoms with Crippen molar-refractivity contribution in [1.82, 2.24) is 0 Å². The van der Waals surface area contributed by atoms with Crippen LogP contribution in [0.3, 0.4) is 0 Å². The number of hydrogen-bond acceptors (Lipinski definition) is 3. The highest BCUT2D eigenvalue weighted by molar-refractivity contribution is 6.63. The third-order valence-corrected chi connectivity index (χ3v) is 2.47. The van der Waals surface area contributed by atoms with Crippen LogP contribution in [0.2, 0.25) is 0 Å². The van der Waals surface area contributed by atoms with E-state index in [9.17, 15) is 4.79 Å². The lowest BCUT2D eigenvalue weighted by molar-refractivity contribution is -0.111. The van der Waals surface area contributed by atoms with E-state index in [-0.39, 0.29) is 6.42 Å². The highest BCUT2D eigenvalue weighted by atomic mass is 35.5. The van der Waals surface area contributed by atoms with Crippen molar-refractivity contribution >= 4 is 27.8 Å². The first-order valence-electron chi connectivity index (χ1n) is 5.53. The summed E-state index contributed by atoms with van der Waals surface area (Å²) >= 11 is 5.33. The fourth-order valence-corrected chi connectivity index (χ4v) is 1.77. The maximum atomic E-state index is 10.8. The van der Waals surface area contributed by atoms with E-state index in [0.29, 0.717) is 23.7 Å². The minimum Gasteiger partial charge on any atom is -0.490 e. The van der Waals surface area contributed by atoms with Crippen LogP contribution < -0.4 is 4.74 Å². The van der Waals surface area contributed by atoms with Crippen LogP contribution in [0.4, 0.5) is 0 Å². The van der Waals surface area contributed by atoms with Crippen molar-refractivity contribution in [2.45, 2.75) is 19.8 Å². The van der Waals surface area contributed by atoms with Gasteiger partial charge in [-0.15, -0.1) is 0 Å². The zero-order valence-electron chi connectivity index (χ0n) is 9.53. The SMILES string of the molecule is CCCOc1cccc2cc(CC(=O)Cl)oc12. The summed E-state index contributed by atoms with van der Waals surface area (Å²) < 4.78 is 11.2. The van der Waals surface area contributed by atoms with Gasteiger partial charge in [-0.25, -0.2) is 0 Å². The molecule has 0 fully saturated rings. The minimum atomic E-state index is -0.430. The standard InChI is InChI=1S/C13H13ClO3/c1-2-6-16-11-5-3-4-9-7-10(8-12(14)15)17-13(9)11/h3-5,7H,2,6,8H2,1H3. The van der Waals surface area contributed by atoms with Gasteiger partial charge in [-0.1, -0.05) is 19.1 Å². The lowest BCUT2D eigenvalue weighted by atomic mass is 10.2. The van der Waals surface area contributed by atoms with Gasteiger partial charge < -0.3 is 9.15 Å². The van der Waals surface area contributed by atoms with Gasteiger partial charge in [0.25, 0.3) is 0 Å². The Morgan fingerprint density at radius 3 is 3.00 bits per heavy atom. The van der Waals surface area contributed by atoms with Crippen LogP contribution in [0, 0.1) is 0 Å². The zero-order valence-corrected chi connectivity index (χ0v) is 10.3. The quantitative estimate of drug-likeness (QED) is 0.764. The van der Waals surface area contributed by atoms with Crippen molar-refractivity contribution in [2.24, 2.45) is 0 Å². The summed E-state index contributed by atoms with van der Waals surface area (Å²) in [4.78, 5) is 10.8. The van der Waals surface area contributed by atoms with Gasteiger partial charge in [0, 0.05) is 5.39 Å². The summed E-state index contributed by atoms with van der Waals surface area (Å²) in [6, 6.07) is 7.48. The van der Waals surface area contributed by atoms with Crippen LogP contribution in [0.5, 0.6) is 5.75 Å². The van der Waals surface area contributed by atoms with Crippen molar-refractivity contribution in [3.05, 3.63) is 30.0 Å². The number of fused-ring (bicyclic) bond motifs is 1. The third-order valence-electron chi connectivity index (χ3n) is 2.33. The number of carbonyl (C=O) groups excluding carboxylic acids is 1. The zero-order chi connectivity index (χ0) is 12.3. The maximum Gasteiger partial charge on any atom is 0.229 e. The van der Waals surface area contributed by atoms with Crippen LogP contribution in [-0.4, -0.2) is 11.8 Å². The fraction of sp³-hybridized carbons (Fsp3) is 0.308. The molecule has 0 atom stereocenters. The highest BCUT2D eigenvalue weighted by Gasteiger charge is 2.10. The monoisotopic (exact) mass is 252 g/mol. The number of furan rings is 1. The normalized spacial score (nSPS) is 10.7. The molecule has 2 aromatic rings. The molecule has 1 heterocycles. The maximum absolute atomic E-state index is 10.8. The average molecular weight is 253 g/mol. The molecule has 0 N–H and O–H groups in total. The lowest BCUT2D eigenvalue weighted by Gasteiger charge is -2.03. The van der Waals surface area contributed by atoms with Crippen LogP contribution in [0.25, 0.3) is 11.0 Å². The predicted molar refractivity (Wildman–Crippen MR) is 66.6 cm³/mol. The third kappa shape index (κ3) is 2.80. The Kier molecular flexibility index (Phi) is 3.69. The van der Waals surface area contributed by atoms with E-state index in [0.717, 1.165) is 11.8 Å². The minimum absolute atomic E-state index is 0.101. The van der Waals surface area contributed by atoms with Gasteiger partial charge in [0.15, 0.2) is 11.3 Å². The largest absolute Gasteiger partial charge is 0.490 e. The summed E-state index contributed by atoms with van der Waals surface area (Å²) in [7, 11) is 0. The molecular formula is C13H13ClO3. The molecular weight excluding hydrogens is 240 g/mol. The van der Waals surface area contributed by atoms with Crippen molar-refractivity contribution in [1.29, 1.82) is 0 Å². The summed E-state index contributed by atoms with van der Waals surface area (Å²) in [5.74, 6) is 1.27. The summed E-state index contributed by atoms with van der Waals surface area (Å²) in [6.45, 7) is 2.68. The molecule has 0 spiro atoms. The molecule has 0 aliphatic heterocycles. The topological polar surface area (TPSA) is 39.4 Å².